The van der Waals surface area contributed by atoms with Gasteiger partial charge in [-0.1, -0.05) is 0 Å². The van der Waals surface area contributed by atoms with Crippen LogP contribution < -0.4 is 4.74 Å². The molecule has 102 valence electrons. The molecule has 0 radical (unpaired) electrons. The molecule has 6 nitrogen and oxygen atoms in total. The molecule has 0 bridgehead atoms. The molecule has 1 saturated carbocycles. The van der Waals surface area contributed by atoms with Gasteiger partial charge in [0.1, 0.15) is 5.75 Å². The van der Waals surface area contributed by atoms with Crippen molar-refractivity contribution < 1.29 is 19.2 Å². The Morgan fingerprint density at radius 3 is 2.68 bits per heavy atom. The van der Waals surface area contributed by atoms with E-state index in [0.717, 1.165) is 12.8 Å². The lowest BCUT2D eigenvalue weighted by Crippen LogP contribution is -2.30. The average Bonchev–Trinajstić information content (AvgIpc) is 3.20. The maximum Gasteiger partial charge on any atom is 0.347 e. The molecular formula is C13H15NO5. The maximum absolute atomic E-state index is 11.6. The molecule has 1 aliphatic rings. The predicted octanol–water partition coefficient (Wildman–Crippen LogP) is 2.23. The Labute approximate surface area is 110 Å². The lowest BCUT2D eigenvalue weighted by molar-refractivity contribution is -0.385. The second-order valence-corrected chi connectivity index (χ2v) is 4.60. The molecule has 2 rings (SSSR count). The summed E-state index contributed by atoms with van der Waals surface area (Å²) < 4.78 is 10.2. The quantitative estimate of drug-likeness (QED) is 0.463. The minimum absolute atomic E-state index is 0.0167. The van der Waals surface area contributed by atoms with E-state index in [9.17, 15) is 14.9 Å². The van der Waals surface area contributed by atoms with Crippen LogP contribution in [0.1, 0.15) is 18.4 Å². The fourth-order valence-corrected chi connectivity index (χ4v) is 1.86. The number of carbonyl (C=O) groups excluding carboxylic acids is 1. The number of esters is 1. The van der Waals surface area contributed by atoms with Crippen LogP contribution in [0.15, 0.2) is 18.2 Å². The highest BCUT2D eigenvalue weighted by Crippen LogP contribution is 2.36. The van der Waals surface area contributed by atoms with Gasteiger partial charge < -0.3 is 9.47 Å². The molecule has 6 heteroatoms. The van der Waals surface area contributed by atoms with Gasteiger partial charge in [0.2, 0.25) is 0 Å². The van der Waals surface area contributed by atoms with Crippen LogP contribution in [0, 0.1) is 23.0 Å². The first-order valence-corrected chi connectivity index (χ1v) is 6.02. The summed E-state index contributed by atoms with van der Waals surface area (Å²) in [7, 11) is 1.30. The SMILES string of the molecule is COC(=O)C(Oc1ccc(C)c([N+](=O)[O-])c1)C1CC1. The molecule has 1 aliphatic carbocycles. The average molecular weight is 265 g/mol. The van der Waals surface area contributed by atoms with Crippen LogP contribution in [0.25, 0.3) is 0 Å². The lowest BCUT2D eigenvalue weighted by Gasteiger charge is -2.16. The summed E-state index contributed by atoms with van der Waals surface area (Å²) in [6.45, 7) is 1.65. The summed E-state index contributed by atoms with van der Waals surface area (Å²) in [6, 6.07) is 4.57. The number of nitrogens with zero attached hydrogens (tertiary/aromatic N) is 1. The van der Waals surface area contributed by atoms with Crippen LogP contribution in [0.2, 0.25) is 0 Å². The normalized spacial score (nSPS) is 15.7. The first kappa shape index (κ1) is 13.3. The fourth-order valence-electron chi connectivity index (χ4n) is 1.86. The molecule has 0 aliphatic heterocycles. The Kier molecular flexibility index (Phi) is 3.69. The van der Waals surface area contributed by atoms with E-state index in [0.29, 0.717) is 11.3 Å². The molecule has 0 spiro atoms. The van der Waals surface area contributed by atoms with E-state index in [2.05, 4.69) is 4.74 Å². The summed E-state index contributed by atoms with van der Waals surface area (Å²) in [5, 5.41) is 10.9. The van der Waals surface area contributed by atoms with Crippen molar-refractivity contribution in [2.45, 2.75) is 25.9 Å². The molecule has 0 amide bonds. The third-order valence-electron chi connectivity index (χ3n) is 3.12. The van der Waals surface area contributed by atoms with Gasteiger partial charge in [0.05, 0.1) is 18.1 Å². The number of benzene rings is 1. The van der Waals surface area contributed by atoms with Gasteiger partial charge >= 0.3 is 5.97 Å². The van der Waals surface area contributed by atoms with Gasteiger partial charge in [0.25, 0.3) is 5.69 Å². The lowest BCUT2D eigenvalue weighted by atomic mass is 10.2. The number of rotatable bonds is 5. The third kappa shape index (κ3) is 3.01. The van der Waals surface area contributed by atoms with Gasteiger partial charge in [-0.2, -0.15) is 0 Å². The molecule has 1 unspecified atom stereocenters. The zero-order valence-electron chi connectivity index (χ0n) is 10.8. The largest absolute Gasteiger partial charge is 0.478 e. The fraction of sp³-hybridized carbons (Fsp3) is 0.462. The number of aryl methyl sites for hydroxylation is 1. The zero-order chi connectivity index (χ0) is 14.0. The highest BCUT2D eigenvalue weighted by atomic mass is 16.6. The van der Waals surface area contributed by atoms with Crippen LogP contribution in [0.5, 0.6) is 5.75 Å². The second-order valence-electron chi connectivity index (χ2n) is 4.60. The van der Waals surface area contributed by atoms with Gasteiger partial charge in [-0.05, 0) is 31.9 Å². The Morgan fingerprint density at radius 2 is 2.16 bits per heavy atom. The number of hydrogen-bond acceptors (Lipinski definition) is 5. The number of carbonyl (C=O) groups is 1. The van der Waals surface area contributed by atoms with Crippen molar-refractivity contribution >= 4 is 11.7 Å². The molecule has 0 saturated heterocycles. The molecule has 1 atom stereocenters. The predicted molar refractivity (Wildman–Crippen MR) is 67.0 cm³/mol. The van der Waals surface area contributed by atoms with E-state index in [1.807, 2.05) is 0 Å². The van der Waals surface area contributed by atoms with E-state index >= 15 is 0 Å². The maximum atomic E-state index is 11.6. The summed E-state index contributed by atoms with van der Waals surface area (Å²) >= 11 is 0. The summed E-state index contributed by atoms with van der Waals surface area (Å²) in [5.74, 6) is 0.0261. The van der Waals surface area contributed by atoms with Crippen LogP contribution in [-0.2, 0) is 9.53 Å². The van der Waals surface area contributed by atoms with E-state index < -0.39 is 17.0 Å². The van der Waals surface area contributed by atoms with Gasteiger partial charge in [-0.25, -0.2) is 4.79 Å². The Hall–Kier alpha value is -2.11. The van der Waals surface area contributed by atoms with Gasteiger partial charge in [0, 0.05) is 11.5 Å². The first-order chi connectivity index (χ1) is 9.02. The number of ether oxygens (including phenoxy) is 2. The van der Waals surface area contributed by atoms with Crippen molar-refractivity contribution in [3.63, 3.8) is 0 Å². The van der Waals surface area contributed by atoms with Gasteiger partial charge in [-0.15, -0.1) is 0 Å². The van der Waals surface area contributed by atoms with Crippen molar-refractivity contribution in [2.24, 2.45) is 5.92 Å². The minimum atomic E-state index is -0.674. The second kappa shape index (κ2) is 5.26. The number of methoxy groups -OCH3 is 1. The number of nitro groups is 1. The molecule has 0 N–H and O–H groups in total. The Morgan fingerprint density at radius 1 is 1.47 bits per heavy atom. The standard InChI is InChI=1S/C13H15NO5/c1-8-3-6-10(7-11(8)14(16)17)19-12(9-4-5-9)13(15)18-2/h3,6-7,9,12H,4-5H2,1-2H3. The van der Waals surface area contributed by atoms with Crippen molar-refractivity contribution in [3.8, 4) is 5.75 Å². The van der Waals surface area contributed by atoms with Crippen LogP contribution >= 0.6 is 0 Å². The number of nitro benzene ring substituents is 1. The smallest absolute Gasteiger partial charge is 0.347 e. The summed E-state index contributed by atoms with van der Waals surface area (Å²) in [5.41, 5.74) is 0.537. The van der Waals surface area contributed by atoms with E-state index in [1.54, 1.807) is 19.1 Å². The molecule has 1 fully saturated rings. The van der Waals surface area contributed by atoms with Crippen LogP contribution in [0.4, 0.5) is 5.69 Å². The minimum Gasteiger partial charge on any atom is -0.478 e. The summed E-state index contributed by atoms with van der Waals surface area (Å²) in [6.07, 6.45) is 1.15. The molecule has 1 aromatic rings. The van der Waals surface area contributed by atoms with Crippen LogP contribution in [0.3, 0.4) is 0 Å². The number of hydrogen-bond donors (Lipinski definition) is 0. The van der Waals surface area contributed by atoms with Crippen molar-refractivity contribution in [2.75, 3.05) is 7.11 Å². The molecular weight excluding hydrogens is 250 g/mol. The summed E-state index contributed by atoms with van der Waals surface area (Å²) in [4.78, 5) is 22.0. The van der Waals surface area contributed by atoms with E-state index in [4.69, 9.17) is 4.74 Å². The zero-order valence-corrected chi connectivity index (χ0v) is 10.8. The highest BCUT2D eigenvalue weighted by molar-refractivity contribution is 5.75. The van der Waals surface area contributed by atoms with Crippen molar-refractivity contribution in [3.05, 3.63) is 33.9 Å². The van der Waals surface area contributed by atoms with Crippen molar-refractivity contribution in [1.29, 1.82) is 0 Å². The van der Waals surface area contributed by atoms with Gasteiger partial charge in [0.15, 0.2) is 6.10 Å². The van der Waals surface area contributed by atoms with Gasteiger partial charge in [-0.3, -0.25) is 10.1 Å². The van der Waals surface area contributed by atoms with E-state index in [-0.39, 0.29) is 11.6 Å². The molecule has 1 aromatic carbocycles. The van der Waals surface area contributed by atoms with Crippen LogP contribution in [-0.4, -0.2) is 24.1 Å². The molecule has 0 aromatic heterocycles. The highest BCUT2D eigenvalue weighted by Gasteiger charge is 2.39. The molecule has 19 heavy (non-hydrogen) atoms. The van der Waals surface area contributed by atoms with E-state index in [1.165, 1.54) is 13.2 Å². The van der Waals surface area contributed by atoms with Crippen molar-refractivity contribution in [1.82, 2.24) is 0 Å². The monoisotopic (exact) mass is 265 g/mol. The topological polar surface area (TPSA) is 78.7 Å². The Balaban J connectivity index is 2.19. The third-order valence-corrected chi connectivity index (χ3v) is 3.12. The Bertz CT molecular complexity index is 510. The first-order valence-electron chi connectivity index (χ1n) is 6.02. The molecule has 0 heterocycles.